The summed E-state index contributed by atoms with van der Waals surface area (Å²) in [6.45, 7) is 2.88. The van der Waals surface area contributed by atoms with Crippen molar-refractivity contribution in [2.45, 2.75) is 31.6 Å². The highest BCUT2D eigenvalue weighted by Crippen LogP contribution is 2.24. The molecule has 0 aromatic heterocycles. The Bertz CT molecular complexity index is 805. The number of anilines is 1. The maximum atomic E-state index is 12.1. The number of ketones is 1. The van der Waals surface area contributed by atoms with Gasteiger partial charge in [0.2, 0.25) is 0 Å². The van der Waals surface area contributed by atoms with Crippen LogP contribution in [0.5, 0.6) is 0 Å². The Kier molecular flexibility index (Phi) is 6.82. The van der Waals surface area contributed by atoms with Crippen LogP contribution in [-0.2, 0) is 24.2 Å². The third-order valence-electron chi connectivity index (χ3n) is 3.84. The fourth-order valence-electron chi connectivity index (χ4n) is 2.42. The summed E-state index contributed by atoms with van der Waals surface area (Å²) < 4.78 is 27.9. The van der Waals surface area contributed by atoms with Crippen LogP contribution < -0.4 is 5.32 Å². The molecule has 0 radical (unpaired) electrons. The number of amides is 1. The van der Waals surface area contributed by atoms with Gasteiger partial charge in [-0.25, -0.2) is 8.42 Å². The minimum Gasteiger partial charge on any atom is -0.452 e. The van der Waals surface area contributed by atoms with Gasteiger partial charge in [-0.15, -0.1) is 11.8 Å². The quantitative estimate of drug-likeness (QED) is 0.549. The van der Waals surface area contributed by atoms with Gasteiger partial charge in [0, 0.05) is 16.5 Å². The van der Waals surface area contributed by atoms with Crippen molar-refractivity contribution in [3.63, 3.8) is 0 Å². The summed E-state index contributed by atoms with van der Waals surface area (Å²) in [7, 11) is -2.99. The van der Waals surface area contributed by atoms with Crippen LogP contribution >= 0.6 is 11.8 Å². The predicted octanol–water partition coefficient (Wildman–Crippen LogP) is 1.68. The average molecular weight is 399 g/mol. The van der Waals surface area contributed by atoms with E-state index in [1.54, 1.807) is 24.3 Å². The number of carbonyl (C=O) groups is 3. The second-order valence-corrected chi connectivity index (χ2v) is 9.61. The standard InChI is InChI=1S/C17H21NO6S2/c1-11(19)13-4-3-5-14(8-13)18-17(21)12(2)24-16(20)9-25-15-6-7-26(22,23)10-15/h3-5,8,12,15H,6-7,9-10H2,1-2H3,(H,18,21)/t12-,15+/m1/s1. The first-order valence-electron chi connectivity index (χ1n) is 8.09. The van der Waals surface area contributed by atoms with E-state index in [9.17, 15) is 22.8 Å². The van der Waals surface area contributed by atoms with Gasteiger partial charge in [0.1, 0.15) is 0 Å². The van der Waals surface area contributed by atoms with Crippen molar-refractivity contribution >= 4 is 44.9 Å². The normalized spacial score (nSPS) is 19.5. The second-order valence-electron chi connectivity index (χ2n) is 6.09. The van der Waals surface area contributed by atoms with Crippen LogP contribution in [0.3, 0.4) is 0 Å². The van der Waals surface area contributed by atoms with Gasteiger partial charge in [0.25, 0.3) is 5.91 Å². The summed E-state index contributed by atoms with van der Waals surface area (Å²) >= 11 is 1.23. The molecule has 1 amide bonds. The molecule has 0 saturated carbocycles. The van der Waals surface area contributed by atoms with Crippen LogP contribution in [0.1, 0.15) is 30.6 Å². The molecule has 1 aliphatic heterocycles. The molecule has 1 aromatic rings. The molecule has 0 spiro atoms. The average Bonchev–Trinajstić information content (AvgIpc) is 2.92. The first kappa shape index (κ1) is 20.4. The topological polar surface area (TPSA) is 107 Å². The van der Waals surface area contributed by atoms with Crippen LogP contribution in [0.15, 0.2) is 24.3 Å². The summed E-state index contributed by atoms with van der Waals surface area (Å²) in [5.74, 6) is -0.971. The minimum absolute atomic E-state index is 0.00235. The fraction of sp³-hybridized carbons (Fsp3) is 0.471. The van der Waals surface area contributed by atoms with Gasteiger partial charge in [-0.2, -0.15) is 0 Å². The first-order valence-corrected chi connectivity index (χ1v) is 11.0. The zero-order valence-electron chi connectivity index (χ0n) is 14.6. The molecule has 0 unspecified atom stereocenters. The molecule has 7 nitrogen and oxygen atoms in total. The lowest BCUT2D eigenvalue weighted by Gasteiger charge is -2.14. The number of hydrogen-bond donors (Lipinski definition) is 1. The molecule has 26 heavy (non-hydrogen) atoms. The third-order valence-corrected chi connectivity index (χ3v) is 7.10. The van der Waals surface area contributed by atoms with Gasteiger partial charge >= 0.3 is 5.97 Å². The monoisotopic (exact) mass is 399 g/mol. The zero-order chi connectivity index (χ0) is 19.3. The Morgan fingerprint density at radius 3 is 2.69 bits per heavy atom. The lowest BCUT2D eigenvalue weighted by atomic mass is 10.1. The molecule has 1 aromatic carbocycles. The summed E-state index contributed by atoms with van der Waals surface area (Å²) in [4.78, 5) is 35.3. The summed E-state index contributed by atoms with van der Waals surface area (Å²) in [5.41, 5.74) is 0.909. The van der Waals surface area contributed by atoms with Gasteiger partial charge in [0.05, 0.1) is 17.3 Å². The van der Waals surface area contributed by atoms with E-state index in [0.717, 1.165) is 0 Å². The fourth-order valence-corrected chi connectivity index (χ4v) is 5.85. The van der Waals surface area contributed by atoms with Crippen molar-refractivity contribution < 1.29 is 27.5 Å². The molecule has 1 N–H and O–H groups in total. The van der Waals surface area contributed by atoms with E-state index in [-0.39, 0.29) is 28.3 Å². The van der Waals surface area contributed by atoms with Crippen LogP contribution in [0.25, 0.3) is 0 Å². The Hall–Kier alpha value is -1.87. The van der Waals surface area contributed by atoms with Gasteiger partial charge < -0.3 is 10.1 Å². The number of esters is 1. The molecule has 0 aliphatic carbocycles. The summed E-state index contributed by atoms with van der Waals surface area (Å²) in [5, 5.41) is 2.49. The molecular formula is C17H21NO6S2. The molecule has 142 valence electrons. The maximum Gasteiger partial charge on any atom is 0.316 e. The Morgan fingerprint density at radius 2 is 2.08 bits per heavy atom. The van der Waals surface area contributed by atoms with Crippen molar-refractivity contribution in [2.75, 3.05) is 22.6 Å². The predicted molar refractivity (Wildman–Crippen MR) is 100 cm³/mol. The van der Waals surface area contributed by atoms with Crippen molar-refractivity contribution in [1.29, 1.82) is 0 Å². The smallest absolute Gasteiger partial charge is 0.316 e. The van der Waals surface area contributed by atoms with Gasteiger partial charge in [-0.1, -0.05) is 12.1 Å². The highest BCUT2D eigenvalue weighted by Gasteiger charge is 2.29. The Labute approximate surface area is 156 Å². The van der Waals surface area contributed by atoms with Gasteiger partial charge in [-0.3, -0.25) is 14.4 Å². The minimum atomic E-state index is -2.99. The number of hydrogen-bond acceptors (Lipinski definition) is 7. The number of benzene rings is 1. The van der Waals surface area contributed by atoms with Gasteiger partial charge in [-0.05, 0) is 32.4 Å². The molecule has 2 rings (SSSR count). The first-order chi connectivity index (χ1) is 12.2. The van der Waals surface area contributed by atoms with E-state index in [1.807, 2.05) is 0 Å². The van der Waals surface area contributed by atoms with Crippen molar-refractivity contribution in [3.8, 4) is 0 Å². The molecule has 1 fully saturated rings. The molecule has 2 atom stereocenters. The van der Waals surface area contributed by atoms with Crippen molar-refractivity contribution in [2.24, 2.45) is 0 Å². The van der Waals surface area contributed by atoms with E-state index in [4.69, 9.17) is 4.74 Å². The number of nitrogens with one attached hydrogen (secondary N) is 1. The third kappa shape index (κ3) is 6.14. The summed E-state index contributed by atoms with van der Waals surface area (Å²) in [6.07, 6.45) is -0.473. The van der Waals surface area contributed by atoms with Crippen LogP contribution in [0.2, 0.25) is 0 Å². The van der Waals surface area contributed by atoms with Gasteiger partial charge in [0.15, 0.2) is 21.7 Å². The van der Waals surface area contributed by atoms with Crippen LogP contribution in [0.4, 0.5) is 5.69 Å². The number of sulfone groups is 1. The number of thioether (sulfide) groups is 1. The summed E-state index contributed by atoms with van der Waals surface area (Å²) in [6, 6.07) is 6.47. The highest BCUT2D eigenvalue weighted by molar-refractivity contribution is 8.02. The van der Waals surface area contributed by atoms with Crippen molar-refractivity contribution in [1.82, 2.24) is 0 Å². The van der Waals surface area contributed by atoms with Crippen LogP contribution in [0, 0.1) is 0 Å². The number of Topliss-reactive ketones (excluding diaryl/α,β-unsaturated/α-hetero) is 1. The molecular weight excluding hydrogens is 378 g/mol. The maximum absolute atomic E-state index is 12.1. The lowest BCUT2D eigenvalue weighted by molar-refractivity contribution is -0.150. The van der Waals surface area contributed by atoms with E-state index in [1.165, 1.54) is 25.6 Å². The van der Waals surface area contributed by atoms with E-state index in [2.05, 4.69) is 5.32 Å². The number of carbonyl (C=O) groups excluding carboxylic acids is 3. The Balaban J connectivity index is 1.80. The molecule has 0 bridgehead atoms. The molecule has 1 aliphatic rings. The van der Waals surface area contributed by atoms with Crippen molar-refractivity contribution in [3.05, 3.63) is 29.8 Å². The van der Waals surface area contributed by atoms with E-state index >= 15 is 0 Å². The second kappa shape index (κ2) is 8.68. The number of ether oxygens (including phenoxy) is 1. The van der Waals surface area contributed by atoms with Crippen LogP contribution in [-0.4, -0.2) is 54.7 Å². The molecule has 1 heterocycles. The molecule has 9 heteroatoms. The van der Waals surface area contributed by atoms with E-state index in [0.29, 0.717) is 17.7 Å². The largest absolute Gasteiger partial charge is 0.452 e. The highest BCUT2D eigenvalue weighted by atomic mass is 32.2. The molecule has 1 saturated heterocycles. The van der Waals surface area contributed by atoms with E-state index < -0.39 is 27.8 Å². The number of rotatable bonds is 7. The zero-order valence-corrected chi connectivity index (χ0v) is 16.2. The Morgan fingerprint density at radius 1 is 1.35 bits per heavy atom. The lowest BCUT2D eigenvalue weighted by Crippen LogP contribution is -2.30. The SMILES string of the molecule is CC(=O)c1cccc(NC(=O)[C@@H](C)OC(=O)CS[C@H]2CCS(=O)(=O)C2)c1.